The van der Waals surface area contributed by atoms with E-state index in [-0.39, 0.29) is 0 Å². The molecule has 0 saturated heterocycles. The Morgan fingerprint density at radius 1 is 0.279 bits per heavy atom. The van der Waals surface area contributed by atoms with Gasteiger partial charge in [0.25, 0.3) is 0 Å². The molecule has 0 aromatic heterocycles. The van der Waals surface area contributed by atoms with Crippen molar-refractivity contribution in [2.45, 2.75) is 0 Å². The van der Waals surface area contributed by atoms with Crippen molar-refractivity contribution in [3.63, 3.8) is 0 Å². The lowest BCUT2D eigenvalue weighted by molar-refractivity contribution is 1.28. The Morgan fingerprint density at radius 3 is 1.47 bits per heavy atom. The predicted octanol–water partition coefficient (Wildman–Crippen LogP) is 11.9. The van der Waals surface area contributed by atoms with E-state index in [1.165, 1.54) is 54.6 Å². The molecule has 0 aliphatic rings. The molecule has 0 amide bonds. The topological polar surface area (TPSA) is 3.24 Å². The lowest BCUT2D eigenvalue weighted by Crippen LogP contribution is -2.09. The van der Waals surface area contributed by atoms with Gasteiger partial charge in [-0.25, -0.2) is 0 Å². The number of nitrogens with zero attached hydrogens (tertiary/aromatic N) is 1. The molecule has 0 heterocycles. The number of fused-ring (bicyclic) bond motifs is 5. The van der Waals surface area contributed by atoms with Gasteiger partial charge < -0.3 is 4.90 Å². The molecule has 1 heteroatoms. The molecule has 43 heavy (non-hydrogen) atoms. The summed E-state index contributed by atoms with van der Waals surface area (Å²) in [5.74, 6) is 0. The van der Waals surface area contributed by atoms with Crippen molar-refractivity contribution in [1.29, 1.82) is 0 Å². The average Bonchev–Trinajstić information content (AvgIpc) is 3.09. The second kappa shape index (κ2) is 10.6. The maximum Gasteiger partial charge on any atom is 0.0462 e. The zero-order valence-electron chi connectivity index (χ0n) is 23.7. The van der Waals surface area contributed by atoms with Gasteiger partial charge in [0.05, 0.1) is 0 Å². The summed E-state index contributed by atoms with van der Waals surface area (Å²) in [5.41, 5.74) is 8.28. The smallest absolute Gasteiger partial charge is 0.0462 e. The van der Waals surface area contributed by atoms with Gasteiger partial charge in [0.2, 0.25) is 0 Å². The van der Waals surface area contributed by atoms with E-state index in [9.17, 15) is 0 Å². The molecule has 0 N–H and O–H groups in total. The van der Waals surface area contributed by atoms with Crippen molar-refractivity contribution in [2.75, 3.05) is 4.90 Å². The highest BCUT2D eigenvalue weighted by Gasteiger charge is 2.15. The van der Waals surface area contributed by atoms with Gasteiger partial charge in [-0.3, -0.25) is 0 Å². The first kappa shape index (κ1) is 25.1. The Labute approximate surface area is 251 Å². The molecule has 8 aromatic rings. The minimum Gasteiger partial charge on any atom is -0.311 e. The van der Waals surface area contributed by atoms with Gasteiger partial charge in [0.15, 0.2) is 0 Å². The van der Waals surface area contributed by atoms with Gasteiger partial charge in [-0.15, -0.1) is 0 Å². The normalized spacial score (nSPS) is 11.3. The molecule has 0 saturated carbocycles. The van der Waals surface area contributed by atoms with Gasteiger partial charge >= 0.3 is 0 Å². The summed E-state index contributed by atoms with van der Waals surface area (Å²) in [6.07, 6.45) is 0. The van der Waals surface area contributed by atoms with E-state index in [4.69, 9.17) is 0 Å². The summed E-state index contributed by atoms with van der Waals surface area (Å²) in [4.78, 5) is 2.32. The Balaban J connectivity index is 1.24. The minimum absolute atomic E-state index is 1.12. The van der Waals surface area contributed by atoms with E-state index < -0.39 is 0 Å². The van der Waals surface area contributed by atoms with E-state index >= 15 is 0 Å². The number of hydrogen-bond donors (Lipinski definition) is 0. The molecule has 1 nitrogen and oxygen atoms in total. The molecular weight excluding hydrogens is 518 g/mol. The highest BCUT2D eigenvalue weighted by atomic mass is 15.1. The third-order valence-corrected chi connectivity index (χ3v) is 8.45. The zero-order chi connectivity index (χ0) is 28.6. The maximum absolute atomic E-state index is 2.38. The Morgan fingerprint density at radius 2 is 0.767 bits per heavy atom. The van der Waals surface area contributed by atoms with Crippen LogP contribution in [-0.2, 0) is 0 Å². The minimum atomic E-state index is 1.12. The molecule has 0 radical (unpaired) electrons. The van der Waals surface area contributed by atoms with E-state index in [0.717, 1.165) is 17.1 Å². The monoisotopic (exact) mass is 547 g/mol. The molecular formula is C42H29N. The fourth-order valence-corrected chi connectivity index (χ4v) is 6.35. The van der Waals surface area contributed by atoms with Crippen molar-refractivity contribution in [3.05, 3.63) is 176 Å². The molecule has 0 atom stereocenters. The molecule has 0 fully saturated rings. The SMILES string of the molecule is c1ccc(-c2ccc(N(c3ccccc3)c3ccc(-c4cc5c6ccccc6ccc5c5ccccc45)cc3)cc2)cc1. The second-order valence-corrected chi connectivity index (χ2v) is 11.0. The van der Waals surface area contributed by atoms with Gasteiger partial charge in [0, 0.05) is 17.1 Å². The fourth-order valence-electron chi connectivity index (χ4n) is 6.35. The third kappa shape index (κ3) is 4.52. The van der Waals surface area contributed by atoms with E-state index in [1.807, 2.05) is 0 Å². The Bertz CT molecular complexity index is 2200. The summed E-state index contributed by atoms with van der Waals surface area (Å²) in [5, 5.41) is 7.70. The van der Waals surface area contributed by atoms with Crippen molar-refractivity contribution in [1.82, 2.24) is 0 Å². The van der Waals surface area contributed by atoms with Gasteiger partial charge in [-0.2, -0.15) is 0 Å². The quantitative estimate of drug-likeness (QED) is 0.194. The van der Waals surface area contributed by atoms with E-state index in [2.05, 4.69) is 181 Å². The Hall–Kier alpha value is -5.66. The maximum atomic E-state index is 2.38. The molecule has 8 aromatic carbocycles. The van der Waals surface area contributed by atoms with Crippen molar-refractivity contribution >= 4 is 49.4 Å². The Kier molecular flexibility index (Phi) is 6.20. The van der Waals surface area contributed by atoms with Crippen LogP contribution in [0.4, 0.5) is 17.1 Å². The van der Waals surface area contributed by atoms with E-state index in [1.54, 1.807) is 0 Å². The summed E-state index contributed by atoms with van der Waals surface area (Å²) in [6, 6.07) is 63.4. The largest absolute Gasteiger partial charge is 0.311 e. The second-order valence-electron chi connectivity index (χ2n) is 11.0. The van der Waals surface area contributed by atoms with Crippen molar-refractivity contribution < 1.29 is 0 Å². The number of rotatable bonds is 5. The standard InChI is InChI=1S/C42H29N/c1-3-11-30(12-4-1)31-19-24-35(25-20-31)43(34-14-5-2-6-15-34)36-26-21-33(22-27-36)41-29-42-37-16-8-7-13-32(37)23-28-40(42)38-17-9-10-18-39(38)41/h1-29H. The van der Waals surface area contributed by atoms with Crippen LogP contribution in [0.25, 0.3) is 54.6 Å². The fraction of sp³-hybridized carbons (Fsp3) is 0. The van der Waals surface area contributed by atoms with Crippen LogP contribution < -0.4 is 4.90 Å². The first-order valence-corrected chi connectivity index (χ1v) is 14.8. The number of benzene rings is 8. The lowest BCUT2D eigenvalue weighted by Gasteiger charge is -2.26. The summed E-state index contributed by atoms with van der Waals surface area (Å²) >= 11 is 0. The van der Waals surface area contributed by atoms with Crippen LogP contribution in [0.5, 0.6) is 0 Å². The molecule has 8 rings (SSSR count). The van der Waals surface area contributed by atoms with Crippen LogP contribution in [-0.4, -0.2) is 0 Å². The molecule has 0 aliphatic carbocycles. The predicted molar refractivity (Wildman–Crippen MR) is 185 cm³/mol. The highest BCUT2D eigenvalue weighted by Crippen LogP contribution is 2.40. The molecule has 0 unspecified atom stereocenters. The van der Waals surface area contributed by atoms with Gasteiger partial charge in [-0.05, 0) is 97.0 Å². The van der Waals surface area contributed by atoms with Crippen molar-refractivity contribution in [2.24, 2.45) is 0 Å². The summed E-state index contributed by atoms with van der Waals surface area (Å²) in [6.45, 7) is 0. The van der Waals surface area contributed by atoms with Crippen LogP contribution in [0.1, 0.15) is 0 Å². The molecule has 0 bridgehead atoms. The van der Waals surface area contributed by atoms with Gasteiger partial charge in [0.1, 0.15) is 0 Å². The van der Waals surface area contributed by atoms with Crippen LogP contribution >= 0.6 is 0 Å². The number of hydrogen-bond acceptors (Lipinski definition) is 1. The van der Waals surface area contributed by atoms with Crippen LogP contribution in [0.15, 0.2) is 176 Å². The molecule has 202 valence electrons. The molecule has 0 aliphatic heterocycles. The first-order valence-electron chi connectivity index (χ1n) is 14.8. The molecule has 0 spiro atoms. The average molecular weight is 548 g/mol. The summed E-state index contributed by atoms with van der Waals surface area (Å²) < 4.78 is 0. The van der Waals surface area contributed by atoms with Crippen LogP contribution in [0.3, 0.4) is 0 Å². The number of para-hydroxylation sites is 1. The van der Waals surface area contributed by atoms with Crippen molar-refractivity contribution in [3.8, 4) is 22.3 Å². The third-order valence-electron chi connectivity index (χ3n) is 8.45. The summed E-state index contributed by atoms with van der Waals surface area (Å²) in [7, 11) is 0. The van der Waals surface area contributed by atoms with Gasteiger partial charge in [-0.1, -0.05) is 133 Å². The zero-order valence-corrected chi connectivity index (χ0v) is 23.7. The number of anilines is 3. The lowest BCUT2D eigenvalue weighted by atomic mass is 9.91. The van der Waals surface area contributed by atoms with E-state index in [0.29, 0.717) is 0 Å². The van der Waals surface area contributed by atoms with Crippen LogP contribution in [0.2, 0.25) is 0 Å². The first-order chi connectivity index (χ1) is 21.3. The van der Waals surface area contributed by atoms with Crippen LogP contribution in [0, 0.1) is 0 Å². The highest BCUT2D eigenvalue weighted by molar-refractivity contribution is 6.21.